The van der Waals surface area contributed by atoms with Crippen molar-refractivity contribution < 1.29 is 28.6 Å². The second kappa shape index (κ2) is 10.9. The van der Waals surface area contributed by atoms with Gasteiger partial charge in [-0.05, 0) is 67.0 Å². The maximum Gasteiger partial charge on any atom is 0.330 e. The van der Waals surface area contributed by atoms with Crippen LogP contribution < -0.4 is 0 Å². The van der Waals surface area contributed by atoms with Gasteiger partial charge in [-0.25, -0.2) is 14.0 Å². The third-order valence-electron chi connectivity index (χ3n) is 3.91. The maximum atomic E-state index is 14.1. The zero-order chi connectivity index (χ0) is 21.2. The molecular formula is C23H23FO5. The van der Waals surface area contributed by atoms with E-state index in [1.54, 1.807) is 38.1 Å². The van der Waals surface area contributed by atoms with Crippen molar-refractivity contribution in [3.63, 3.8) is 0 Å². The lowest BCUT2D eigenvalue weighted by Gasteiger charge is -2.14. The molecule has 0 saturated heterocycles. The van der Waals surface area contributed by atoms with Crippen molar-refractivity contribution in [1.82, 2.24) is 0 Å². The number of halogens is 1. The van der Waals surface area contributed by atoms with Gasteiger partial charge in [0.25, 0.3) is 0 Å². The Morgan fingerprint density at radius 1 is 0.966 bits per heavy atom. The first-order valence-electron chi connectivity index (χ1n) is 9.21. The Morgan fingerprint density at radius 3 is 1.97 bits per heavy atom. The first-order chi connectivity index (χ1) is 13.9. The van der Waals surface area contributed by atoms with E-state index in [9.17, 15) is 19.1 Å². The number of aliphatic hydroxyl groups is 1. The molecule has 1 unspecified atom stereocenters. The number of ether oxygens (including phenoxy) is 2. The van der Waals surface area contributed by atoms with Crippen molar-refractivity contribution in [2.75, 3.05) is 13.2 Å². The molecule has 0 aromatic heterocycles. The van der Waals surface area contributed by atoms with Gasteiger partial charge < -0.3 is 14.6 Å². The van der Waals surface area contributed by atoms with Crippen LogP contribution in [-0.4, -0.2) is 30.3 Å². The molecule has 2 aromatic rings. The largest absolute Gasteiger partial charge is 0.463 e. The van der Waals surface area contributed by atoms with Crippen LogP contribution in [0.15, 0.2) is 54.6 Å². The second-order valence-electron chi connectivity index (χ2n) is 6.03. The number of aliphatic hydroxyl groups excluding tert-OH is 1. The van der Waals surface area contributed by atoms with Crippen LogP contribution in [-0.2, 0) is 19.1 Å². The van der Waals surface area contributed by atoms with E-state index in [4.69, 9.17) is 9.47 Å². The third kappa shape index (κ3) is 6.69. The highest BCUT2D eigenvalue weighted by Crippen LogP contribution is 2.27. The van der Waals surface area contributed by atoms with Gasteiger partial charge in [0.1, 0.15) is 11.9 Å². The maximum absolute atomic E-state index is 14.1. The molecule has 6 heteroatoms. The van der Waals surface area contributed by atoms with Gasteiger partial charge in [-0.3, -0.25) is 0 Å². The molecular weight excluding hydrogens is 375 g/mol. The summed E-state index contributed by atoms with van der Waals surface area (Å²) >= 11 is 0. The van der Waals surface area contributed by atoms with E-state index < -0.39 is 23.9 Å². The Labute approximate surface area is 169 Å². The molecule has 0 fully saturated rings. The summed E-state index contributed by atoms with van der Waals surface area (Å²) in [5.74, 6) is -1.54. The lowest BCUT2D eigenvalue weighted by molar-refractivity contribution is -0.138. The molecule has 1 atom stereocenters. The van der Waals surface area contributed by atoms with E-state index in [0.717, 1.165) is 0 Å². The van der Waals surface area contributed by atoms with Gasteiger partial charge >= 0.3 is 11.9 Å². The number of esters is 2. The predicted octanol–water partition coefficient (Wildman–Crippen LogP) is 4.06. The zero-order valence-corrected chi connectivity index (χ0v) is 16.3. The van der Waals surface area contributed by atoms with Gasteiger partial charge in [0.2, 0.25) is 0 Å². The Kier molecular flexibility index (Phi) is 8.30. The molecule has 0 aliphatic carbocycles. The van der Waals surface area contributed by atoms with Gasteiger partial charge in [0.05, 0.1) is 13.2 Å². The van der Waals surface area contributed by atoms with Crippen LogP contribution in [0.2, 0.25) is 0 Å². The molecule has 2 rings (SSSR count). The van der Waals surface area contributed by atoms with Gasteiger partial charge in [-0.15, -0.1) is 0 Å². The van der Waals surface area contributed by atoms with Gasteiger partial charge in [-0.2, -0.15) is 0 Å². The monoisotopic (exact) mass is 398 g/mol. The Hall–Kier alpha value is -3.25. The van der Waals surface area contributed by atoms with Gasteiger partial charge in [-0.1, -0.05) is 18.2 Å². The molecule has 0 aliphatic heterocycles. The lowest BCUT2D eigenvalue weighted by Crippen LogP contribution is -2.04. The predicted molar refractivity (Wildman–Crippen MR) is 108 cm³/mol. The summed E-state index contributed by atoms with van der Waals surface area (Å²) in [4.78, 5) is 23.2. The number of carbonyl (C=O) groups is 2. The highest BCUT2D eigenvalue weighted by Gasteiger charge is 2.15. The molecule has 0 heterocycles. The quantitative estimate of drug-likeness (QED) is 0.536. The van der Waals surface area contributed by atoms with Crippen molar-refractivity contribution in [2.24, 2.45) is 0 Å². The van der Waals surface area contributed by atoms with Crippen molar-refractivity contribution in [2.45, 2.75) is 20.0 Å². The minimum absolute atomic E-state index is 0.124. The Morgan fingerprint density at radius 2 is 1.48 bits per heavy atom. The van der Waals surface area contributed by atoms with Crippen molar-refractivity contribution in [3.05, 3.63) is 82.7 Å². The van der Waals surface area contributed by atoms with Crippen LogP contribution in [0.5, 0.6) is 0 Å². The van der Waals surface area contributed by atoms with Crippen LogP contribution in [0, 0.1) is 5.82 Å². The number of rotatable bonds is 8. The second-order valence-corrected chi connectivity index (χ2v) is 6.03. The van der Waals surface area contributed by atoms with Crippen molar-refractivity contribution >= 4 is 24.1 Å². The summed E-state index contributed by atoms with van der Waals surface area (Å²) in [5, 5.41) is 10.7. The molecule has 29 heavy (non-hydrogen) atoms. The Bertz CT molecular complexity index is 871. The number of hydrogen-bond donors (Lipinski definition) is 1. The normalized spacial score (nSPS) is 12.3. The van der Waals surface area contributed by atoms with Crippen molar-refractivity contribution in [3.8, 4) is 0 Å². The van der Waals surface area contributed by atoms with Gasteiger partial charge in [0, 0.05) is 17.7 Å². The summed E-state index contributed by atoms with van der Waals surface area (Å²) in [5.41, 5.74) is 1.69. The highest BCUT2D eigenvalue weighted by molar-refractivity contribution is 5.88. The minimum atomic E-state index is -1.22. The highest BCUT2D eigenvalue weighted by atomic mass is 19.1. The fourth-order valence-electron chi connectivity index (χ4n) is 2.64. The van der Waals surface area contributed by atoms with E-state index in [2.05, 4.69) is 0 Å². The molecule has 2 aromatic carbocycles. The molecule has 152 valence electrons. The SMILES string of the molecule is CCOC(=O)C=Cc1cc(C=CC(=O)OCC)cc(C(O)c2ccccc2F)c1. The van der Waals surface area contributed by atoms with E-state index >= 15 is 0 Å². The summed E-state index contributed by atoms with van der Waals surface area (Å²) < 4.78 is 23.8. The van der Waals surface area contributed by atoms with Crippen LogP contribution in [0.3, 0.4) is 0 Å². The van der Waals surface area contributed by atoms with E-state index in [1.807, 2.05) is 0 Å². The standard InChI is InChI=1S/C23H23FO5/c1-3-28-21(25)11-9-16-13-17(10-12-22(26)29-4-2)15-18(14-16)23(27)19-7-5-6-8-20(19)24/h5-15,23,27H,3-4H2,1-2H3. The summed E-state index contributed by atoms with van der Waals surface area (Å²) in [6.07, 6.45) is 4.35. The molecule has 0 radical (unpaired) electrons. The van der Waals surface area contributed by atoms with Crippen LogP contribution in [0.25, 0.3) is 12.2 Å². The summed E-state index contributed by atoms with van der Waals surface area (Å²) in [6, 6.07) is 10.9. The van der Waals surface area contributed by atoms with E-state index in [1.165, 1.54) is 42.5 Å². The molecule has 0 aliphatic rings. The summed E-state index contributed by atoms with van der Waals surface area (Å²) in [7, 11) is 0. The minimum Gasteiger partial charge on any atom is -0.463 e. The van der Waals surface area contributed by atoms with Crippen LogP contribution in [0.1, 0.15) is 42.2 Å². The zero-order valence-electron chi connectivity index (χ0n) is 16.3. The number of carbonyl (C=O) groups excluding carboxylic acids is 2. The smallest absolute Gasteiger partial charge is 0.330 e. The lowest BCUT2D eigenvalue weighted by atomic mass is 9.96. The van der Waals surface area contributed by atoms with Crippen molar-refractivity contribution in [1.29, 1.82) is 0 Å². The van der Waals surface area contributed by atoms with Crippen LogP contribution >= 0.6 is 0 Å². The fourth-order valence-corrected chi connectivity index (χ4v) is 2.64. The molecule has 5 nitrogen and oxygen atoms in total. The van der Waals surface area contributed by atoms with E-state index in [0.29, 0.717) is 16.7 Å². The topological polar surface area (TPSA) is 72.8 Å². The first kappa shape index (κ1) is 22.0. The van der Waals surface area contributed by atoms with Gasteiger partial charge in [0.15, 0.2) is 0 Å². The molecule has 1 N–H and O–H groups in total. The van der Waals surface area contributed by atoms with Crippen LogP contribution in [0.4, 0.5) is 4.39 Å². The molecule has 0 spiro atoms. The average Bonchev–Trinajstić information content (AvgIpc) is 2.71. The first-order valence-corrected chi connectivity index (χ1v) is 9.21. The molecule has 0 bridgehead atoms. The number of benzene rings is 2. The average molecular weight is 398 g/mol. The third-order valence-corrected chi connectivity index (χ3v) is 3.91. The Balaban J connectivity index is 2.42. The number of hydrogen-bond acceptors (Lipinski definition) is 5. The fraction of sp³-hybridized carbons (Fsp3) is 0.217. The molecule has 0 amide bonds. The van der Waals surface area contributed by atoms with E-state index in [-0.39, 0.29) is 18.8 Å². The summed E-state index contributed by atoms with van der Waals surface area (Å²) in [6.45, 7) is 3.91. The molecule has 0 saturated carbocycles.